The number of carbonyl (C=O) groups is 2. The van der Waals surface area contributed by atoms with Crippen LogP contribution in [-0.2, 0) is 11.2 Å². The highest BCUT2D eigenvalue weighted by molar-refractivity contribution is 7.10. The molecule has 2 atom stereocenters. The van der Waals surface area contributed by atoms with Crippen molar-refractivity contribution in [2.24, 2.45) is 5.92 Å². The second-order valence-electron chi connectivity index (χ2n) is 9.13. The molecule has 190 valence electrons. The van der Waals surface area contributed by atoms with Crippen LogP contribution in [0.25, 0.3) is 0 Å². The standard InChI is InChI=1S/C28H30ClFN2O3S/c1-3-19(2)16-31(28(34)20-5-4-6-21(29)15-20)17-27(33)32-13-11-26-24(12-14-36-26)25(32)18-35-23-9-7-22(30)8-10-23/h4-10,12,14-15,19,25H,3,11,13,16-18H2,1-2H3. The van der Waals surface area contributed by atoms with E-state index >= 15 is 0 Å². The molecule has 0 spiro atoms. The van der Waals surface area contributed by atoms with Gasteiger partial charge in [0.25, 0.3) is 5.91 Å². The lowest BCUT2D eigenvalue weighted by molar-refractivity contribution is -0.135. The van der Waals surface area contributed by atoms with E-state index in [1.807, 2.05) is 16.3 Å². The molecule has 0 bridgehead atoms. The molecule has 0 fully saturated rings. The first-order chi connectivity index (χ1) is 17.4. The lowest BCUT2D eigenvalue weighted by Crippen LogP contribution is -2.48. The molecule has 8 heteroatoms. The summed E-state index contributed by atoms with van der Waals surface area (Å²) < 4.78 is 19.3. The van der Waals surface area contributed by atoms with Gasteiger partial charge in [-0.1, -0.05) is 37.9 Å². The van der Waals surface area contributed by atoms with Crippen molar-refractivity contribution in [1.82, 2.24) is 9.80 Å². The highest BCUT2D eigenvalue weighted by atomic mass is 35.5. The summed E-state index contributed by atoms with van der Waals surface area (Å²) in [6.45, 7) is 5.38. The average molecular weight is 529 g/mol. The first kappa shape index (κ1) is 26.2. The quantitative estimate of drug-likeness (QED) is 0.330. The lowest BCUT2D eigenvalue weighted by Gasteiger charge is -2.37. The SMILES string of the molecule is CCC(C)CN(CC(=O)N1CCc2sccc2C1COc1ccc(F)cc1)C(=O)c1cccc(Cl)c1. The molecule has 2 heterocycles. The van der Waals surface area contributed by atoms with Crippen LogP contribution in [0.5, 0.6) is 5.75 Å². The third-order valence-corrected chi connectivity index (χ3v) is 7.78. The summed E-state index contributed by atoms with van der Waals surface area (Å²) in [5.74, 6) is 0.114. The molecule has 3 aromatic rings. The maximum atomic E-state index is 13.7. The van der Waals surface area contributed by atoms with Gasteiger partial charge in [-0.25, -0.2) is 4.39 Å². The number of ether oxygens (including phenoxy) is 1. The monoisotopic (exact) mass is 528 g/mol. The molecule has 2 amide bonds. The van der Waals surface area contributed by atoms with Crippen molar-refractivity contribution in [2.45, 2.75) is 32.7 Å². The molecule has 1 aromatic heterocycles. The van der Waals surface area contributed by atoms with E-state index in [2.05, 4.69) is 13.8 Å². The zero-order chi connectivity index (χ0) is 25.7. The summed E-state index contributed by atoms with van der Waals surface area (Å²) in [6, 6.07) is 14.4. The van der Waals surface area contributed by atoms with Gasteiger partial charge in [-0.15, -0.1) is 11.3 Å². The second kappa shape index (κ2) is 11.9. The molecule has 36 heavy (non-hydrogen) atoms. The highest BCUT2D eigenvalue weighted by Gasteiger charge is 2.34. The van der Waals surface area contributed by atoms with Crippen LogP contribution in [0.4, 0.5) is 4.39 Å². The zero-order valence-corrected chi connectivity index (χ0v) is 22.0. The topological polar surface area (TPSA) is 49.9 Å². The van der Waals surface area contributed by atoms with Crippen molar-refractivity contribution >= 4 is 34.8 Å². The van der Waals surface area contributed by atoms with Crippen LogP contribution in [0.1, 0.15) is 47.1 Å². The number of carbonyl (C=O) groups excluding carboxylic acids is 2. The van der Waals surface area contributed by atoms with Crippen LogP contribution >= 0.6 is 22.9 Å². The number of hydrogen-bond acceptors (Lipinski definition) is 4. The molecule has 0 N–H and O–H groups in total. The Kier molecular flexibility index (Phi) is 8.64. The summed E-state index contributed by atoms with van der Waals surface area (Å²) in [5.41, 5.74) is 1.53. The number of fused-ring (bicyclic) bond motifs is 1. The second-order valence-corrected chi connectivity index (χ2v) is 10.6. The summed E-state index contributed by atoms with van der Waals surface area (Å²) in [6.07, 6.45) is 1.66. The summed E-state index contributed by atoms with van der Waals surface area (Å²) >= 11 is 7.80. The van der Waals surface area contributed by atoms with Crippen LogP contribution in [0, 0.1) is 11.7 Å². The maximum Gasteiger partial charge on any atom is 0.254 e. The van der Waals surface area contributed by atoms with E-state index in [1.165, 1.54) is 17.0 Å². The lowest BCUT2D eigenvalue weighted by atomic mass is 10.00. The van der Waals surface area contributed by atoms with Gasteiger partial charge in [0.2, 0.25) is 5.91 Å². The van der Waals surface area contributed by atoms with Crippen molar-refractivity contribution < 1.29 is 18.7 Å². The Hall–Kier alpha value is -2.90. The maximum absolute atomic E-state index is 13.7. The fraction of sp³-hybridized carbons (Fsp3) is 0.357. The number of thiophene rings is 1. The van der Waals surface area contributed by atoms with Gasteiger partial charge >= 0.3 is 0 Å². The summed E-state index contributed by atoms with van der Waals surface area (Å²) in [7, 11) is 0. The zero-order valence-electron chi connectivity index (χ0n) is 20.5. The fourth-order valence-corrected chi connectivity index (χ4v) is 5.48. The van der Waals surface area contributed by atoms with Crippen molar-refractivity contribution in [1.29, 1.82) is 0 Å². The van der Waals surface area contributed by atoms with Gasteiger partial charge in [-0.05, 0) is 71.8 Å². The van der Waals surface area contributed by atoms with Crippen LogP contribution < -0.4 is 4.74 Å². The minimum atomic E-state index is -0.331. The first-order valence-corrected chi connectivity index (χ1v) is 13.4. The molecule has 0 radical (unpaired) electrons. The number of hydrogen-bond donors (Lipinski definition) is 0. The van der Waals surface area contributed by atoms with Crippen LogP contribution in [0.2, 0.25) is 5.02 Å². The number of benzene rings is 2. The Balaban J connectivity index is 1.54. The molecule has 4 rings (SSSR count). The van der Waals surface area contributed by atoms with Gasteiger partial charge in [0.1, 0.15) is 24.7 Å². The molecule has 1 aliphatic rings. The Bertz CT molecular complexity index is 1200. The molecule has 2 unspecified atom stereocenters. The van der Waals surface area contributed by atoms with Gasteiger partial charge in [0.15, 0.2) is 0 Å². The Morgan fingerprint density at radius 3 is 2.72 bits per heavy atom. The molecule has 1 aliphatic heterocycles. The third-order valence-electron chi connectivity index (χ3n) is 6.55. The van der Waals surface area contributed by atoms with Crippen molar-refractivity contribution in [3.05, 3.63) is 86.8 Å². The Morgan fingerprint density at radius 2 is 2.00 bits per heavy atom. The summed E-state index contributed by atoms with van der Waals surface area (Å²) in [5, 5.41) is 2.51. The highest BCUT2D eigenvalue weighted by Crippen LogP contribution is 2.34. The normalized spacial score (nSPS) is 15.8. The largest absolute Gasteiger partial charge is 0.491 e. The predicted molar refractivity (Wildman–Crippen MR) is 141 cm³/mol. The Labute approximate surface area is 220 Å². The average Bonchev–Trinajstić information content (AvgIpc) is 3.36. The van der Waals surface area contributed by atoms with E-state index < -0.39 is 0 Å². The number of rotatable bonds is 9. The fourth-order valence-electron chi connectivity index (χ4n) is 4.36. The molecule has 0 saturated carbocycles. The molecule has 0 saturated heterocycles. The van der Waals surface area contributed by atoms with E-state index in [4.69, 9.17) is 16.3 Å². The van der Waals surface area contributed by atoms with E-state index in [0.29, 0.717) is 29.4 Å². The van der Waals surface area contributed by atoms with Crippen LogP contribution in [0.3, 0.4) is 0 Å². The van der Waals surface area contributed by atoms with Gasteiger partial charge in [0, 0.05) is 28.6 Å². The molecule has 5 nitrogen and oxygen atoms in total. The first-order valence-electron chi connectivity index (χ1n) is 12.1. The van der Waals surface area contributed by atoms with Crippen LogP contribution in [0.15, 0.2) is 60.0 Å². The number of amides is 2. The van der Waals surface area contributed by atoms with Gasteiger partial charge in [-0.3, -0.25) is 9.59 Å². The predicted octanol–water partition coefficient (Wildman–Crippen LogP) is 6.23. The number of nitrogens with zero attached hydrogens (tertiary/aromatic N) is 2. The van der Waals surface area contributed by atoms with Gasteiger partial charge < -0.3 is 14.5 Å². The minimum absolute atomic E-state index is 0.0256. The van der Waals surface area contributed by atoms with Crippen molar-refractivity contribution in [2.75, 3.05) is 26.2 Å². The van der Waals surface area contributed by atoms with Crippen molar-refractivity contribution in [3.8, 4) is 5.75 Å². The Morgan fingerprint density at radius 1 is 1.22 bits per heavy atom. The molecular formula is C28H30ClFN2O3S. The van der Waals surface area contributed by atoms with E-state index in [1.54, 1.807) is 52.6 Å². The number of halogens is 2. The van der Waals surface area contributed by atoms with Gasteiger partial charge in [-0.2, -0.15) is 0 Å². The van der Waals surface area contributed by atoms with Crippen molar-refractivity contribution in [3.63, 3.8) is 0 Å². The van der Waals surface area contributed by atoms with Gasteiger partial charge in [0.05, 0.1) is 6.04 Å². The van der Waals surface area contributed by atoms with E-state index in [9.17, 15) is 14.0 Å². The minimum Gasteiger partial charge on any atom is -0.491 e. The van der Waals surface area contributed by atoms with Crippen LogP contribution in [-0.4, -0.2) is 47.9 Å². The van der Waals surface area contributed by atoms with E-state index in [0.717, 1.165) is 18.4 Å². The third kappa shape index (κ3) is 6.26. The molecule has 2 aromatic carbocycles. The molecule has 0 aliphatic carbocycles. The summed E-state index contributed by atoms with van der Waals surface area (Å²) in [4.78, 5) is 31.7. The van der Waals surface area contributed by atoms with E-state index in [-0.39, 0.29) is 42.7 Å². The molecular weight excluding hydrogens is 499 g/mol. The smallest absolute Gasteiger partial charge is 0.254 e.